The largest absolute Gasteiger partial charge is 2.00 e. The summed E-state index contributed by atoms with van der Waals surface area (Å²) in [5.41, 5.74) is 39.2. The molecule has 0 saturated carbocycles. The van der Waals surface area contributed by atoms with E-state index in [4.69, 9.17) is 127 Å². The van der Waals surface area contributed by atoms with Crippen LogP contribution in [-0.2, 0) is 82.5 Å². The molecular formula is C8H44N16Ni5O18+8. The zero-order valence-electron chi connectivity index (χ0n) is 23.3. The average Bonchev–Trinajstić information content (AvgIpc) is 2.92. The van der Waals surface area contributed by atoms with Gasteiger partial charge in [-0.3, -0.25) is 0 Å². The number of rotatable bonds is 4. The molecule has 34 nitrogen and oxygen atoms in total. The van der Waals surface area contributed by atoms with E-state index < -0.39 is 0 Å². The minimum atomic E-state index is 0. The van der Waals surface area contributed by atoms with E-state index in [1.165, 1.54) is 42.7 Å². The summed E-state index contributed by atoms with van der Waals surface area (Å²) in [6.07, 6.45) is 0. The van der Waals surface area contributed by atoms with Gasteiger partial charge in [0.1, 0.15) is 0 Å². The van der Waals surface area contributed by atoms with E-state index in [0.29, 0.717) is 52.4 Å². The van der Waals surface area contributed by atoms with Gasteiger partial charge in [-0.2, -0.15) is 0 Å². The van der Waals surface area contributed by atoms with Gasteiger partial charge in [0.05, 0.1) is 0 Å². The molecule has 0 spiro atoms. The van der Waals surface area contributed by atoms with Crippen molar-refractivity contribution in [1.82, 2.24) is 0 Å². The van der Waals surface area contributed by atoms with Crippen molar-refractivity contribution in [2.24, 2.45) is 88.6 Å². The van der Waals surface area contributed by atoms with Gasteiger partial charge in [-0.1, -0.05) is 0 Å². The van der Waals surface area contributed by atoms with Gasteiger partial charge in [-0.25, -0.2) is 0 Å². The van der Waals surface area contributed by atoms with Crippen LogP contribution in [0, 0.1) is 39.3 Å². The first-order valence-electron chi connectivity index (χ1n) is 8.33. The van der Waals surface area contributed by atoms with Crippen LogP contribution in [0.5, 0.6) is 0 Å². The molecule has 0 saturated heterocycles. The Bertz CT molecular complexity index is 294. The maximum atomic E-state index is 8.11. The molecule has 0 aromatic heterocycles. The van der Waals surface area contributed by atoms with E-state index in [-0.39, 0.29) is 93.4 Å². The molecule has 0 aromatic rings. The number of nitrogens with zero attached hydrogens (tertiary/aromatic N) is 8. The maximum absolute atomic E-state index is 8.11. The van der Waals surface area contributed by atoms with Crippen LogP contribution in [0.4, 0.5) is 0 Å². The summed E-state index contributed by atoms with van der Waals surface area (Å²) in [6, 6.07) is 0. The van der Waals surface area contributed by atoms with Gasteiger partial charge in [0.25, 0.3) is 0 Å². The Hall–Kier alpha value is -2.73. The quantitative estimate of drug-likeness (QED) is 0.0713. The minimum Gasteiger partial charge on any atom is -0.412 e. The topological polar surface area (TPSA) is 668 Å². The summed E-state index contributed by atoms with van der Waals surface area (Å²) >= 11 is 0. The van der Waals surface area contributed by atoms with Crippen molar-refractivity contribution in [2.45, 2.75) is 0 Å². The Morgan fingerprint density at radius 1 is 0.277 bits per heavy atom. The van der Waals surface area contributed by atoms with Gasteiger partial charge >= 0.3 is 66.0 Å². The molecule has 47 heavy (non-hydrogen) atoms. The number of hydrogen-bond donors (Lipinski definition) is 16. The SMILES string of the molecule is NCCN.NCCN.NCCN.NCCN.O.O.O=NO.O=NO.O=NO.O=NO.O=NO.O=NO.O=NO.O=NO.[Ni+2].[Ni+2].[Ni+2].[Ni+2].[Ni]. The van der Waals surface area contributed by atoms with Crippen molar-refractivity contribution in [1.29, 1.82) is 0 Å². The minimum absolute atomic E-state index is 0. The molecule has 0 unspecified atom stereocenters. The fraction of sp³-hybridized carbons (Fsp3) is 1.00. The van der Waals surface area contributed by atoms with Crippen LogP contribution >= 0.6 is 0 Å². The molecular weight excluding hydrogens is 902 g/mol. The standard InChI is InChI=1S/4C2H8N2.8HNO2.5Ni.2H2O/c4*3-1-2-4;8*2-1-3;;;;;;;/h4*1-4H2;8*(H,2,3);;;;;;2*1H2/q;;;;;;;;;;;;;4*+2;;. The second-order valence-electron chi connectivity index (χ2n) is 2.96. The van der Waals surface area contributed by atoms with Crippen LogP contribution in [0.2, 0.25) is 0 Å². The normalized spacial score (nSPS) is 4.60. The number of nitrogens with two attached hydrogens (primary N) is 8. The van der Waals surface area contributed by atoms with Gasteiger partial charge in [0.2, 0.25) is 0 Å². The zero-order chi connectivity index (χ0) is 35.3. The van der Waals surface area contributed by atoms with E-state index in [1.807, 2.05) is 0 Å². The van der Waals surface area contributed by atoms with Gasteiger partial charge < -0.3 is 98.5 Å². The summed E-state index contributed by atoms with van der Waals surface area (Å²) < 4.78 is 0. The molecule has 0 aromatic carbocycles. The fourth-order valence-electron chi connectivity index (χ4n) is 0. The molecule has 306 valence electrons. The Morgan fingerprint density at radius 3 is 0.298 bits per heavy atom. The second-order valence-corrected chi connectivity index (χ2v) is 2.96. The molecule has 0 aliphatic heterocycles. The Kier molecular flexibility index (Phi) is 1210. The van der Waals surface area contributed by atoms with Crippen molar-refractivity contribution in [2.75, 3.05) is 52.4 Å². The van der Waals surface area contributed by atoms with Gasteiger partial charge in [-0.15, -0.1) is 39.3 Å². The summed E-state index contributed by atoms with van der Waals surface area (Å²) in [4.78, 5) is 64.9. The summed E-state index contributed by atoms with van der Waals surface area (Å²) in [7, 11) is 0. The molecule has 0 fully saturated rings. The third-order valence-electron chi connectivity index (χ3n) is 0.667. The molecule has 0 rings (SSSR count). The summed E-state index contributed by atoms with van der Waals surface area (Å²) in [5, 5.41) is 63.1. The predicted molar refractivity (Wildman–Crippen MR) is 140 cm³/mol. The molecule has 0 bridgehead atoms. The van der Waals surface area contributed by atoms with Crippen LogP contribution in [0.1, 0.15) is 0 Å². The molecule has 0 aliphatic rings. The first-order chi connectivity index (χ1) is 19.0. The van der Waals surface area contributed by atoms with Crippen LogP contribution in [0.25, 0.3) is 0 Å². The average molecular weight is 946 g/mol. The molecule has 0 amide bonds. The third kappa shape index (κ3) is 45900. The van der Waals surface area contributed by atoms with Crippen molar-refractivity contribution in [3.8, 4) is 0 Å². The maximum Gasteiger partial charge on any atom is 2.00 e. The van der Waals surface area contributed by atoms with Crippen molar-refractivity contribution >= 4 is 0 Å². The molecule has 0 aliphatic carbocycles. The molecule has 39 heteroatoms. The summed E-state index contributed by atoms with van der Waals surface area (Å²) in [6.45, 7) is 4.78. The van der Waals surface area contributed by atoms with Crippen LogP contribution in [0.15, 0.2) is 42.7 Å². The number of hydrogen-bond acceptors (Lipinski definition) is 24. The Labute approximate surface area is 314 Å². The van der Waals surface area contributed by atoms with Crippen LogP contribution < -0.4 is 45.9 Å². The van der Waals surface area contributed by atoms with Crippen LogP contribution in [-0.4, -0.2) is 105 Å². The van der Waals surface area contributed by atoms with Crippen molar-refractivity contribution in [3.05, 3.63) is 39.3 Å². The molecule has 28 N–H and O–H groups in total. The third-order valence-corrected chi connectivity index (χ3v) is 0.667. The molecule has 0 atom stereocenters. The van der Waals surface area contributed by atoms with Crippen molar-refractivity contribution in [3.63, 3.8) is 0 Å². The first kappa shape index (κ1) is 130. The monoisotopic (exact) mass is 942 g/mol. The van der Waals surface area contributed by atoms with Crippen molar-refractivity contribution < 1.29 is 135 Å². The van der Waals surface area contributed by atoms with Gasteiger partial charge in [-0.05, 0) is 0 Å². The van der Waals surface area contributed by atoms with Gasteiger partial charge in [0, 0.05) is 68.8 Å². The Morgan fingerprint density at radius 2 is 0.298 bits per heavy atom. The van der Waals surface area contributed by atoms with E-state index in [2.05, 4.69) is 0 Å². The molecule has 0 radical (unpaired) electrons. The van der Waals surface area contributed by atoms with E-state index in [1.54, 1.807) is 0 Å². The molecule has 0 heterocycles. The second kappa shape index (κ2) is 439. The van der Waals surface area contributed by atoms with Gasteiger partial charge in [0.15, 0.2) is 42.7 Å². The van der Waals surface area contributed by atoms with E-state index >= 15 is 0 Å². The smallest absolute Gasteiger partial charge is 0.412 e. The Balaban J connectivity index is -0.0000000106. The summed E-state index contributed by atoms with van der Waals surface area (Å²) in [5.74, 6) is 0. The fourth-order valence-corrected chi connectivity index (χ4v) is 0. The van der Waals surface area contributed by atoms with E-state index in [9.17, 15) is 0 Å². The first-order valence-corrected chi connectivity index (χ1v) is 8.33. The van der Waals surface area contributed by atoms with Crippen LogP contribution in [0.3, 0.4) is 0 Å². The van der Waals surface area contributed by atoms with E-state index in [0.717, 1.165) is 0 Å². The predicted octanol–water partition coefficient (Wildman–Crippen LogP) is -4.91. The zero-order valence-corrected chi connectivity index (χ0v) is 28.2.